The molecule has 2 heterocycles. The smallest absolute Gasteiger partial charge is 0.256 e. The summed E-state index contributed by atoms with van der Waals surface area (Å²) in [6, 6.07) is 7.45. The summed E-state index contributed by atoms with van der Waals surface area (Å²) in [6.07, 6.45) is 2.59. The van der Waals surface area contributed by atoms with E-state index in [0.717, 1.165) is 19.4 Å². The molecule has 23 heavy (non-hydrogen) atoms. The van der Waals surface area contributed by atoms with Crippen LogP contribution in [-0.4, -0.2) is 55.6 Å². The molecule has 2 aliphatic rings. The van der Waals surface area contributed by atoms with Crippen molar-refractivity contribution < 1.29 is 14.3 Å². The lowest BCUT2D eigenvalue weighted by Crippen LogP contribution is -2.41. The Kier molecular flexibility index (Phi) is 5.25. The molecule has 0 saturated carbocycles. The molecular weight excluding hydrogens is 294 g/mol. The average Bonchev–Trinajstić information content (AvgIpc) is 3.08. The number of hydrogen-bond acceptors (Lipinski definition) is 4. The largest absolute Gasteiger partial charge is 0.378 e. The molecule has 0 radical (unpaired) electrons. The fourth-order valence-corrected chi connectivity index (χ4v) is 3.07. The minimum atomic E-state index is -0.0526. The number of benzene rings is 1. The van der Waals surface area contributed by atoms with Crippen LogP contribution >= 0.6 is 0 Å². The summed E-state index contributed by atoms with van der Waals surface area (Å²) in [5, 5.41) is 6.21. The first-order valence-electron chi connectivity index (χ1n) is 8.23. The normalized spacial score (nSPS) is 21.2. The number of amides is 2. The van der Waals surface area contributed by atoms with Crippen LogP contribution < -0.4 is 10.6 Å². The maximum atomic E-state index is 12.7. The zero-order valence-electron chi connectivity index (χ0n) is 13.2. The molecule has 2 saturated heterocycles. The predicted octanol–water partition coefficient (Wildman–Crippen LogP) is 1.24. The number of rotatable bonds is 4. The number of para-hydroxylation sites is 1. The molecule has 0 spiro atoms. The van der Waals surface area contributed by atoms with Crippen LogP contribution in [0, 0.1) is 0 Å². The molecular formula is C17H23N3O3. The lowest BCUT2D eigenvalue weighted by atomic mass is 10.1. The van der Waals surface area contributed by atoms with E-state index >= 15 is 0 Å². The van der Waals surface area contributed by atoms with Gasteiger partial charge in [0.1, 0.15) is 0 Å². The Bertz CT molecular complexity index is 564. The lowest BCUT2D eigenvalue weighted by molar-refractivity contribution is -0.116. The van der Waals surface area contributed by atoms with Gasteiger partial charge in [-0.2, -0.15) is 0 Å². The molecule has 0 aromatic heterocycles. The van der Waals surface area contributed by atoms with Crippen LogP contribution in [0.1, 0.15) is 29.6 Å². The van der Waals surface area contributed by atoms with Crippen LogP contribution in [0.15, 0.2) is 24.3 Å². The quantitative estimate of drug-likeness (QED) is 0.876. The van der Waals surface area contributed by atoms with E-state index in [1.54, 1.807) is 17.0 Å². The van der Waals surface area contributed by atoms with E-state index in [1.165, 1.54) is 0 Å². The maximum absolute atomic E-state index is 12.7. The van der Waals surface area contributed by atoms with Gasteiger partial charge >= 0.3 is 0 Å². The molecule has 1 aromatic rings. The summed E-state index contributed by atoms with van der Waals surface area (Å²) in [4.78, 5) is 26.6. The van der Waals surface area contributed by atoms with E-state index in [2.05, 4.69) is 10.6 Å². The van der Waals surface area contributed by atoms with Crippen molar-refractivity contribution in [2.24, 2.45) is 0 Å². The number of nitrogens with one attached hydrogen (secondary N) is 2. The van der Waals surface area contributed by atoms with Crippen molar-refractivity contribution in [3.8, 4) is 0 Å². The van der Waals surface area contributed by atoms with Crippen molar-refractivity contribution in [1.82, 2.24) is 10.2 Å². The first-order chi connectivity index (χ1) is 11.2. The average molecular weight is 317 g/mol. The molecule has 1 unspecified atom stereocenters. The Morgan fingerprint density at radius 2 is 2.04 bits per heavy atom. The van der Waals surface area contributed by atoms with Crippen molar-refractivity contribution in [2.45, 2.75) is 25.3 Å². The van der Waals surface area contributed by atoms with Crippen molar-refractivity contribution in [2.75, 3.05) is 38.2 Å². The standard InChI is InChI=1S/C17H23N3O3/c21-16(12-13-4-3-7-18-13)19-15-6-2-1-5-14(15)17(22)20-8-10-23-11-9-20/h1-2,5-6,13,18H,3-4,7-12H2,(H,19,21). The summed E-state index contributed by atoms with van der Waals surface area (Å²) >= 11 is 0. The first kappa shape index (κ1) is 16.0. The van der Waals surface area contributed by atoms with E-state index in [9.17, 15) is 9.59 Å². The van der Waals surface area contributed by atoms with Crippen molar-refractivity contribution >= 4 is 17.5 Å². The van der Waals surface area contributed by atoms with E-state index in [0.29, 0.717) is 44.0 Å². The topological polar surface area (TPSA) is 70.7 Å². The van der Waals surface area contributed by atoms with Crippen LogP contribution in [0.2, 0.25) is 0 Å². The van der Waals surface area contributed by atoms with E-state index in [4.69, 9.17) is 4.74 Å². The van der Waals surface area contributed by atoms with Gasteiger partial charge in [0.05, 0.1) is 24.5 Å². The first-order valence-corrected chi connectivity index (χ1v) is 8.23. The Labute approximate surface area is 136 Å². The highest BCUT2D eigenvalue weighted by Gasteiger charge is 2.22. The molecule has 2 aliphatic heterocycles. The molecule has 6 heteroatoms. The molecule has 0 bridgehead atoms. The fourth-order valence-electron chi connectivity index (χ4n) is 3.07. The van der Waals surface area contributed by atoms with Gasteiger partial charge < -0.3 is 20.3 Å². The number of nitrogens with zero attached hydrogens (tertiary/aromatic N) is 1. The number of morpholine rings is 1. The SMILES string of the molecule is O=C(CC1CCCN1)Nc1ccccc1C(=O)N1CCOCC1. The van der Waals surface area contributed by atoms with Gasteiger partial charge in [0.25, 0.3) is 5.91 Å². The minimum absolute atomic E-state index is 0.0494. The highest BCUT2D eigenvalue weighted by atomic mass is 16.5. The molecule has 2 fully saturated rings. The van der Waals surface area contributed by atoms with Gasteiger partial charge in [0, 0.05) is 25.6 Å². The fraction of sp³-hybridized carbons (Fsp3) is 0.529. The predicted molar refractivity (Wildman–Crippen MR) is 87.4 cm³/mol. The summed E-state index contributed by atoms with van der Waals surface area (Å²) in [5.74, 6) is -0.102. The van der Waals surface area contributed by atoms with Gasteiger partial charge in [-0.15, -0.1) is 0 Å². The number of ether oxygens (including phenoxy) is 1. The second-order valence-electron chi connectivity index (χ2n) is 6.00. The van der Waals surface area contributed by atoms with Crippen LogP contribution in [0.4, 0.5) is 5.69 Å². The van der Waals surface area contributed by atoms with Gasteiger partial charge in [0.15, 0.2) is 0 Å². The van der Waals surface area contributed by atoms with Crippen molar-refractivity contribution in [3.63, 3.8) is 0 Å². The van der Waals surface area contributed by atoms with Gasteiger partial charge in [-0.3, -0.25) is 9.59 Å². The van der Waals surface area contributed by atoms with Crippen LogP contribution in [0.5, 0.6) is 0 Å². The molecule has 124 valence electrons. The third-order valence-electron chi connectivity index (χ3n) is 4.32. The number of carbonyl (C=O) groups is 2. The zero-order chi connectivity index (χ0) is 16.1. The summed E-state index contributed by atoms with van der Waals surface area (Å²) in [7, 11) is 0. The summed E-state index contributed by atoms with van der Waals surface area (Å²) < 4.78 is 5.28. The van der Waals surface area contributed by atoms with E-state index in [1.807, 2.05) is 12.1 Å². The summed E-state index contributed by atoms with van der Waals surface area (Å²) in [5.41, 5.74) is 1.13. The molecule has 1 aromatic carbocycles. The number of hydrogen-bond donors (Lipinski definition) is 2. The monoisotopic (exact) mass is 317 g/mol. The van der Waals surface area contributed by atoms with Crippen molar-refractivity contribution in [1.29, 1.82) is 0 Å². The second-order valence-corrected chi connectivity index (χ2v) is 6.00. The van der Waals surface area contributed by atoms with Gasteiger partial charge in [-0.1, -0.05) is 12.1 Å². The Balaban J connectivity index is 1.67. The molecule has 3 rings (SSSR count). The van der Waals surface area contributed by atoms with E-state index < -0.39 is 0 Å². The molecule has 2 amide bonds. The zero-order valence-corrected chi connectivity index (χ0v) is 13.2. The highest BCUT2D eigenvalue weighted by molar-refractivity contribution is 6.03. The molecule has 1 atom stereocenters. The third-order valence-corrected chi connectivity index (χ3v) is 4.32. The number of carbonyl (C=O) groups excluding carboxylic acids is 2. The minimum Gasteiger partial charge on any atom is -0.378 e. The van der Waals surface area contributed by atoms with Gasteiger partial charge in [-0.25, -0.2) is 0 Å². The highest BCUT2D eigenvalue weighted by Crippen LogP contribution is 2.19. The lowest BCUT2D eigenvalue weighted by Gasteiger charge is -2.27. The number of anilines is 1. The molecule has 0 aliphatic carbocycles. The van der Waals surface area contributed by atoms with Crippen LogP contribution in [0.3, 0.4) is 0 Å². The van der Waals surface area contributed by atoms with E-state index in [-0.39, 0.29) is 17.9 Å². The molecule has 2 N–H and O–H groups in total. The Hall–Kier alpha value is -1.92. The second kappa shape index (κ2) is 7.57. The van der Waals surface area contributed by atoms with Gasteiger partial charge in [-0.05, 0) is 31.5 Å². The maximum Gasteiger partial charge on any atom is 0.256 e. The third kappa shape index (κ3) is 4.09. The summed E-state index contributed by atoms with van der Waals surface area (Å²) in [6.45, 7) is 3.28. The van der Waals surface area contributed by atoms with Crippen LogP contribution in [-0.2, 0) is 9.53 Å². The van der Waals surface area contributed by atoms with Crippen LogP contribution in [0.25, 0.3) is 0 Å². The molecule has 6 nitrogen and oxygen atoms in total. The Morgan fingerprint density at radius 3 is 2.78 bits per heavy atom. The van der Waals surface area contributed by atoms with Gasteiger partial charge in [0.2, 0.25) is 5.91 Å². The van der Waals surface area contributed by atoms with Crippen molar-refractivity contribution in [3.05, 3.63) is 29.8 Å². The Morgan fingerprint density at radius 1 is 1.26 bits per heavy atom.